The van der Waals surface area contributed by atoms with Gasteiger partial charge >= 0.3 is 0 Å². The Morgan fingerprint density at radius 1 is 1.16 bits per heavy atom. The number of H-pyrrole nitrogens is 1. The van der Waals surface area contributed by atoms with Gasteiger partial charge in [0.15, 0.2) is 0 Å². The summed E-state index contributed by atoms with van der Waals surface area (Å²) in [5, 5.41) is 9.87. The van der Waals surface area contributed by atoms with E-state index in [9.17, 15) is 4.79 Å². The van der Waals surface area contributed by atoms with Gasteiger partial charge < -0.3 is 14.8 Å². The van der Waals surface area contributed by atoms with E-state index in [-0.39, 0.29) is 5.91 Å². The number of hydrogen-bond acceptors (Lipinski definition) is 4. The van der Waals surface area contributed by atoms with Crippen LogP contribution in [0.4, 0.5) is 0 Å². The highest BCUT2D eigenvalue weighted by molar-refractivity contribution is 5.98. The Hall–Kier alpha value is -3.95. The maximum Gasteiger partial charge on any atom is 0.253 e. The monoisotopic (exact) mass is 489 g/mol. The minimum Gasteiger partial charge on any atom is -0.346 e. The number of hydrogen-bond donors (Lipinski definition) is 1. The van der Waals surface area contributed by atoms with Crippen molar-refractivity contribution in [3.8, 4) is 28.3 Å². The lowest BCUT2D eigenvalue weighted by atomic mass is 9.76. The number of pyridine rings is 1. The molecule has 2 aromatic carbocycles. The molecule has 0 fully saturated rings. The number of nitrogens with zero attached hydrogens (tertiary/aromatic N) is 4. The Kier molecular flexibility index (Phi) is 6.02. The molecule has 0 radical (unpaired) electrons. The van der Waals surface area contributed by atoms with Gasteiger partial charge in [-0.2, -0.15) is 5.26 Å². The van der Waals surface area contributed by atoms with Crippen LogP contribution in [0.3, 0.4) is 0 Å². The number of carbonyl (C=O) groups excluding carboxylic acids is 1. The second kappa shape index (κ2) is 9.49. The van der Waals surface area contributed by atoms with Crippen molar-refractivity contribution < 1.29 is 4.79 Å². The first-order valence-corrected chi connectivity index (χ1v) is 13.1. The lowest BCUT2D eigenvalue weighted by Crippen LogP contribution is -2.33. The molecule has 1 amide bonds. The third-order valence-electron chi connectivity index (χ3n) is 7.94. The van der Waals surface area contributed by atoms with Crippen molar-refractivity contribution in [3.05, 3.63) is 77.1 Å². The molecule has 0 bridgehead atoms. The summed E-state index contributed by atoms with van der Waals surface area (Å²) in [6.45, 7) is 2.60. The van der Waals surface area contributed by atoms with Crippen molar-refractivity contribution in [2.75, 3.05) is 27.2 Å². The predicted octanol–water partition coefficient (Wildman–Crippen LogP) is 5.75. The Morgan fingerprint density at radius 3 is 2.78 bits per heavy atom. The van der Waals surface area contributed by atoms with E-state index < -0.39 is 0 Å². The Bertz CT molecular complexity index is 1530. The van der Waals surface area contributed by atoms with Gasteiger partial charge in [0.2, 0.25) is 0 Å². The summed E-state index contributed by atoms with van der Waals surface area (Å²) in [5.41, 5.74) is 10.6. The van der Waals surface area contributed by atoms with Crippen molar-refractivity contribution in [3.63, 3.8) is 0 Å². The van der Waals surface area contributed by atoms with Crippen LogP contribution in [0.2, 0.25) is 0 Å². The number of aryl methyl sites for hydroxylation is 1. The number of aromatic amines is 1. The highest BCUT2D eigenvalue weighted by atomic mass is 16.2. The van der Waals surface area contributed by atoms with Crippen LogP contribution in [0.25, 0.3) is 33.3 Å². The van der Waals surface area contributed by atoms with E-state index in [1.54, 1.807) is 17.5 Å². The third kappa shape index (κ3) is 4.30. The lowest BCUT2D eigenvalue weighted by molar-refractivity contribution is 0.0798. The van der Waals surface area contributed by atoms with Gasteiger partial charge in [0.25, 0.3) is 5.91 Å². The molecular weight excluding hydrogens is 458 g/mol. The molecular formula is C31H31N5O. The second-order valence-electron chi connectivity index (χ2n) is 10.5. The lowest BCUT2D eigenvalue weighted by Gasteiger charge is -2.37. The van der Waals surface area contributed by atoms with Crippen molar-refractivity contribution in [2.24, 2.45) is 0 Å². The van der Waals surface area contributed by atoms with Crippen LogP contribution in [0, 0.1) is 11.3 Å². The molecule has 1 unspecified atom stereocenters. The molecule has 2 aliphatic rings. The highest BCUT2D eigenvalue weighted by Gasteiger charge is 2.29. The van der Waals surface area contributed by atoms with Gasteiger partial charge in [-0.1, -0.05) is 18.2 Å². The predicted molar refractivity (Wildman–Crippen MR) is 146 cm³/mol. The van der Waals surface area contributed by atoms with Gasteiger partial charge in [-0.05, 0) is 84.3 Å². The zero-order valence-corrected chi connectivity index (χ0v) is 21.4. The minimum atomic E-state index is -0.0751. The maximum absolute atomic E-state index is 12.7. The van der Waals surface area contributed by atoms with Crippen LogP contribution in [0.5, 0.6) is 0 Å². The van der Waals surface area contributed by atoms with E-state index in [1.807, 2.05) is 36.7 Å². The van der Waals surface area contributed by atoms with E-state index in [2.05, 4.69) is 41.2 Å². The molecule has 0 spiro atoms. The van der Waals surface area contributed by atoms with Crippen LogP contribution in [-0.4, -0.2) is 52.9 Å². The van der Waals surface area contributed by atoms with Crippen LogP contribution in [0.1, 0.15) is 52.2 Å². The highest BCUT2D eigenvalue weighted by Crippen LogP contribution is 2.41. The van der Waals surface area contributed by atoms with Gasteiger partial charge in [-0.3, -0.25) is 4.79 Å². The van der Waals surface area contributed by atoms with Crippen molar-refractivity contribution in [2.45, 2.75) is 38.1 Å². The van der Waals surface area contributed by atoms with Crippen LogP contribution >= 0.6 is 0 Å². The standard InChI is InChI=1S/C31H31N5O/c1-35-18-23-6-3-5-22-13-24(14-26(19-35)29(22)23)25-15-27-28(17-34-30(27)33-16-25)20-7-9-21(10-8-20)31(37)36(2)12-4-11-32/h7-10,13-17,23H,3-6,12,18-19H2,1-2H3,(H,33,34). The maximum atomic E-state index is 12.7. The summed E-state index contributed by atoms with van der Waals surface area (Å²) < 4.78 is 0. The van der Waals surface area contributed by atoms with Gasteiger partial charge in [0, 0.05) is 61.2 Å². The topological polar surface area (TPSA) is 76.0 Å². The Morgan fingerprint density at radius 2 is 1.97 bits per heavy atom. The molecule has 1 N–H and O–H groups in total. The molecule has 4 aromatic rings. The molecule has 0 saturated carbocycles. The minimum absolute atomic E-state index is 0.0751. The molecule has 6 nitrogen and oxygen atoms in total. The molecule has 186 valence electrons. The average Bonchev–Trinajstić information content (AvgIpc) is 3.34. The first-order valence-electron chi connectivity index (χ1n) is 13.1. The summed E-state index contributed by atoms with van der Waals surface area (Å²) in [6, 6.07) is 16.8. The normalized spacial score (nSPS) is 16.8. The smallest absolute Gasteiger partial charge is 0.253 e. The molecule has 37 heavy (non-hydrogen) atoms. The molecule has 2 aromatic heterocycles. The van der Waals surface area contributed by atoms with Gasteiger partial charge in [0.1, 0.15) is 5.65 Å². The van der Waals surface area contributed by atoms with E-state index in [1.165, 1.54) is 36.1 Å². The molecule has 6 rings (SSSR count). The molecule has 1 aliphatic carbocycles. The first-order chi connectivity index (χ1) is 18.0. The van der Waals surface area contributed by atoms with E-state index in [0.29, 0.717) is 24.4 Å². The molecule has 6 heteroatoms. The van der Waals surface area contributed by atoms with Crippen molar-refractivity contribution in [1.82, 2.24) is 19.8 Å². The molecule has 1 atom stereocenters. The Labute approximate surface area is 217 Å². The largest absolute Gasteiger partial charge is 0.346 e. The van der Waals surface area contributed by atoms with Crippen LogP contribution < -0.4 is 0 Å². The quantitative estimate of drug-likeness (QED) is 0.387. The average molecular weight is 490 g/mol. The number of aromatic nitrogens is 2. The number of amides is 1. The fraction of sp³-hybridized carbons (Fsp3) is 0.323. The molecule has 3 heterocycles. The summed E-state index contributed by atoms with van der Waals surface area (Å²) in [5.74, 6) is 0.596. The number of benzene rings is 2. The van der Waals surface area contributed by atoms with E-state index in [0.717, 1.165) is 40.7 Å². The van der Waals surface area contributed by atoms with E-state index >= 15 is 0 Å². The SMILES string of the molecule is CN1Cc2cc(-c3cnc4[nH]cc(-c5ccc(C(=O)N(C)CCC#N)cc5)c4c3)cc3c2C(CCC3)C1. The van der Waals surface area contributed by atoms with E-state index in [4.69, 9.17) is 10.2 Å². The molecule has 0 saturated heterocycles. The van der Waals surface area contributed by atoms with Gasteiger partial charge in [-0.15, -0.1) is 0 Å². The number of rotatable bonds is 5. The third-order valence-corrected chi connectivity index (χ3v) is 7.94. The zero-order chi connectivity index (χ0) is 25.5. The summed E-state index contributed by atoms with van der Waals surface area (Å²) in [4.78, 5) is 24.8. The number of nitriles is 1. The number of nitrogens with one attached hydrogen (secondary N) is 1. The first kappa shape index (κ1) is 23.4. The fourth-order valence-electron chi connectivity index (χ4n) is 6.14. The number of likely N-dealkylation sites (N-methyl/N-ethyl adjacent to an activating group) is 1. The van der Waals surface area contributed by atoms with Crippen LogP contribution in [-0.2, 0) is 13.0 Å². The number of carbonyl (C=O) groups is 1. The fourth-order valence-corrected chi connectivity index (χ4v) is 6.14. The molecule has 1 aliphatic heterocycles. The van der Waals surface area contributed by atoms with Gasteiger partial charge in [0.05, 0.1) is 12.5 Å². The zero-order valence-electron chi connectivity index (χ0n) is 21.4. The summed E-state index contributed by atoms with van der Waals surface area (Å²) in [6.07, 6.45) is 8.02. The van der Waals surface area contributed by atoms with Crippen molar-refractivity contribution in [1.29, 1.82) is 5.26 Å². The summed E-state index contributed by atoms with van der Waals surface area (Å²) >= 11 is 0. The summed E-state index contributed by atoms with van der Waals surface area (Å²) in [7, 11) is 3.96. The Balaban J connectivity index is 1.34. The number of fused-ring (bicyclic) bond motifs is 1. The second-order valence-corrected chi connectivity index (χ2v) is 10.5. The van der Waals surface area contributed by atoms with Crippen LogP contribution in [0.15, 0.2) is 54.9 Å². The van der Waals surface area contributed by atoms with Gasteiger partial charge in [-0.25, -0.2) is 4.98 Å². The van der Waals surface area contributed by atoms with Crippen molar-refractivity contribution >= 4 is 16.9 Å².